The first-order valence-electron chi connectivity index (χ1n) is 5.06. The number of amides is 1. The molecular weight excluding hydrogens is 270 g/mol. The minimum Gasteiger partial charge on any atom is -0.364 e. The Morgan fingerprint density at radius 1 is 1.16 bits per heavy atom. The van der Waals surface area contributed by atoms with Gasteiger partial charge in [0.15, 0.2) is 16.5 Å². The summed E-state index contributed by atoms with van der Waals surface area (Å²) in [6.07, 6.45) is 1.36. The molecule has 1 amide bonds. The molecule has 0 aliphatic carbocycles. The van der Waals surface area contributed by atoms with Gasteiger partial charge in [0.1, 0.15) is 0 Å². The topological polar surface area (TPSA) is 128 Å². The Kier molecular flexibility index (Phi) is 3.38. The molecule has 19 heavy (non-hydrogen) atoms. The number of nitrogens with two attached hydrogens (primary N) is 1. The summed E-state index contributed by atoms with van der Waals surface area (Å²) in [6.45, 7) is 0. The molecule has 3 N–H and O–H groups in total. The van der Waals surface area contributed by atoms with Crippen molar-refractivity contribution in [2.45, 2.75) is 5.03 Å². The van der Waals surface area contributed by atoms with Gasteiger partial charge in [-0.2, -0.15) is 8.42 Å². The van der Waals surface area contributed by atoms with E-state index >= 15 is 0 Å². The molecule has 0 unspecified atom stereocenters. The summed E-state index contributed by atoms with van der Waals surface area (Å²) in [7, 11) is -3.83. The zero-order chi connectivity index (χ0) is 13.9. The monoisotopic (exact) mass is 279 g/mol. The fraction of sp³-hybridized carbons (Fsp3) is 0. The van der Waals surface area contributed by atoms with Gasteiger partial charge in [-0.3, -0.25) is 9.52 Å². The predicted octanol–water partition coefficient (Wildman–Crippen LogP) is -0.229. The third-order valence-corrected chi connectivity index (χ3v) is 3.34. The maximum Gasteiger partial charge on any atom is 0.280 e. The molecule has 2 aromatic heterocycles. The van der Waals surface area contributed by atoms with E-state index in [4.69, 9.17) is 5.73 Å². The van der Waals surface area contributed by atoms with Crippen LogP contribution in [0.4, 0.5) is 5.82 Å². The van der Waals surface area contributed by atoms with E-state index in [9.17, 15) is 13.2 Å². The number of carbonyl (C=O) groups is 1. The van der Waals surface area contributed by atoms with Crippen molar-refractivity contribution < 1.29 is 13.2 Å². The molecule has 0 fully saturated rings. The van der Waals surface area contributed by atoms with E-state index in [-0.39, 0.29) is 16.5 Å². The van der Waals surface area contributed by atoms with E-state index in [0.717, 1.165) is 0 Å². The van der Waals surface area contributed by atoms with E-state index in [1.54, 1.807) is 12.1 Å². The normalized spacial score (nSPS) is 10.9. The summed E-state index contributed by atoms with van der Waals surface area (Å²) in [6, 6.07) is 7.04. The maximum absolute atomic E-state index is 11.9. The van der Waals surface area contributed by atoms with Gasteiger partial charge in [-0.25, -0.2) is 4.98 Å². The van der Waals surface area contributed by atoms with Crippen molar-refractivity contribution in [1.29, 1.82) is 0 Å². The summed E-state index contributed by atoms with van der Waals surface area (Å²) < 4.78 is 26.0. The average molecular weight is 279 g/mol. The van der Waals surface area contributed by atoms with Crippen LogP contribution in [0.1, 0.15) is 10.5 Å². The van der Waals surface area contributed by atoms with Crippen molar-refractivity contribution in [2.75, 3.05) is 4.72 Å². The Hall–Kier alpha value is -2.55. The summed E-state index contributed by atoms with van der Waals surface area (Å²) in [5, 5.41) is 6.88. The standard InChI is InChI=1S/C10H9N5O3S/c11-10(16)7-4-5-8(14-13-7)15-19(17,18)9-3-1-2-6-12-9/h1-6H,(H2,11,16)(H,14,15). The summed E-state index contributed by atoms with van der Waals surface area (Å²) in [4.78, 5) is 14.5. The second-order valence-electron chi connectivity index (χ2n) is 3.44. The lowest BCUT2D eigenvalue weighted by Crippen LogP contribution is -2.17. The lowest BCUT2D eigenvalue weighted by atomic mass is 10.4. The Morgan fingerprint density at radius 3 is 2.47 bits per heavy atom. The van der Waals surface area contributed by atoms with Crippen LogP contribution in [-0.2, 0) is 10.0 Å². The molecule has 98 valence electrons. The average Bonchev–Trinajstić information content (AvgIpc) is 2.40. The van der Waals surface area contributed by atoms with Crippen molar-refractivity contribution in [1.82, 2.24) is 15.2 Å². The number of aromatic nitrogens is 3. The Bertz CT molecular complexity index is 685. The maximum atomic E-state index is 11.9. The van der Waals surface area contributed by atoms with Gasteiger partial charge >= 0.3 is 0 Å². The van der Waals surface area contributed by atoms with Crippen LogP contribution in [0, 0.1) is 0 Å². The molecule has 0 saturated carbocycles. The second-order valence-corrected chi connectivity index (χ2v) is 5.07. The lowest BCUT2D eigenvalue weighted by Gasteiger charge is -2.05. The molecule has 2 rings (SSSR count). The van der Waals surface area contributed by atoms with Crippen molar-refractivity contribution in [3.63, 3.8) is 0 Å². The Labute approximate surface area is 108 Å². The molecule has 0 radical (unpaired) electrons. The van der Waals surface area contributed by atoms with Gasteiger partial charge in [0.2, 0.25) is 0 Å². The van der Waals surface area contributed by atoms with Crippen LogP contribution >= 0.6 is 0 Å². The number of nitrogens with one attached hydrogen (secondary N) is 1. The van der Waals surface area contributed by atoms with Crippen LogP contribution in [0.5, 0.6) is 0 Å². The molecule has 8 nitrogen and oxygen atoms in total. The molecule has 2 aromatic rings. The van der Waals surface area contributed by atoms with E-state index < -0.39 is 15.9 Å². The van der Waals surface area contributed by atoms with Gasteiger partial charge in [0, 0.05) is 6.20 Å². The zero-order valence-electron chi connectivity index (χ0n) is 9.52. The molecule has 2 heterocycles. The quantitative estimate of drug-likeness (QED) is 0.795. The van der Waals surface area contributed by atoms with Crippen molar-refractivity contribution in [3.05, 3.63) is 42.2 Å². The molecule has 0 atom stereocenters. The third-order valence-electron chi connectivity index (χ3n) is 2.07. The highest BCUT2D eigenvalue weighted by Gasteiger charge is 2.16. The highest BCUT2D eigenvalue weighted by atomic mass is 32.2. The first-order valence-corrected chi connectivity index (χ1v) is 6.55. The van der Waals surface area contributed by atoms with Crippen molar-refractivity contribution >= 4 is 21.7 Å². The Balaban J connectivity index is 2.24. The molecule has 0 aromatic carbocycles. The highest BCUT2D eigenvalue weighted by molar-refractivity contribution is 7.92. The first-order chi connectivity index (χ1) is 8.99. The second kappa shape index (κ2) is 4.98. The van der Waals surface area contributed by atoms with Crippen LogP contribution in [0.15, 0.2) is 41.6 Å². The van der Waals surface area contributed by atoms with Gasteiger partial charge < -0.3 is 5.73 Å². The number of nitrogens with zero attached hydrogens (tertiary/aromatic N) is 3. The molecule has 0 bridgehead atoms. The highest BCUT2D eigenvalue weighted by Crippen LogP contribution is 2.10. The predicted molar refractivity (Wildman–Crippen MR) is 65.6 cm³/mol. The summed E-state index contributed by atoms with van der Waals surface area (Å²) in [5.74, 6) is -0.776. The van der Waals surface area contributed by atoms with Crippen LogP contribution in [0.25, 0.3) is 0 Å². The lowest BCUT2D eigenvalue weighted by molar-refractivity contribution is 0.0994. The van der Waals surface area contributed by atoms with Gasteiger partial charge in [0.05, 0.1) is 0 Å². The van der Waals surface area contributed by atoms with Crippen LogP contribution in [0.2, 0.25) is 0 Å². The van der Waals surface area contributed by atoms with Crippen LogP contribution in [-0.4, -0.2) is 29.5 Å². The third kappa shape index (κ3) is 3.01. The first kappa shape index (κ1) is 12.9. The van der Waals surface area contributed by atoms with E-state index in [1.807, 2.05) is 0 Å². The molecule has 0 spiro atoms. The fourth-order valence-corrected chi connectivity index (χ4v) is 2.16. The van der Waals surface area contributed by atoms with Gasteiger partial charge in [0.25, 0.3) is 15.9 Å². The number of rotatable bonds is 4. The summed E-state index contributed by atoms with van der Waals surface area (Å²) >= 11 is 0. The number of anilines is 1. The SMILES string of the molecule is NC(=O)c1ccc(NS(=O)(=O)c2ccccn2)nn1. The molecule has 0 aliphatic rings. The molecular formula is C10H9N5O3S. The minimum atomic E-state index is -3.83. The minimum absolute atomic E-state index is 0.0318. The zero-order valence-corrected chi connectivity index (χ0v) is 10.3. The molecule has 0 aliphatic heterocycles. The number of carbonyl (C=O) groups excluding carboxylic acids is 1. The van der Waals surface area contributed by atoms with Crippen LogP contribution in [0.3, 0.4) is 0 Å². The van der Waals surface area contributed by atoms with E-state index in [1.165, 1.54) is 24.4 Å². The number of hydrogen-bond acceptors (Lipinski definition) is 6. The van der Waals surface area contributed by atoms with Crippen molar-refractivity contribution in [3.8, 4) is 0 Å². The van der Waals surface area contributed by atoms with Gasteiger partial charge in [-0.15, -0.1) is 10.2 Å². The number of pyridine rings is 1. The number of primary amides is 1. The fourth-order valence-electron chi connectivity index (χ4n) is 1.21. The number of sulfonamides is 1. The smallest absolute Gasteiger partial charge is 0.280 e. The molecule has 0 saturated heterocycles. The van der Waals surface area contributed by atoms with Crippen molar-refractivity contribution in [2.24, 2.45) is 5.73 Å². The number of hydrogen-bond donors (Lipinski definition) is 2. The van der Waals surface area contributed by atoms with Crippen LogP contribution < -0.4 is 10.5 Å². The summed E-state index contributed by atoms with van der Waals surface area (Å²) in [5.41, 5.74) is 4.94. The van der Waals surface area contributed by atoms with Gasteiger partial charge in [-0.1, -0.05) is 6.07 Å². The van der Waals surface area contributed by atoms with E-state index in [2.05, 4.69) is 19.9 Å². The van der Waals surface area contributed by atoms with Gasteiger partial charge in [-0.05, 0) is 24.3 Å². The molecule has 9 heteroatoms. The Morgan fingerprint density at radius 2 is 1.95 bits per heavy atom. The van der Waals surface area contributed by atoms with E-state index in [0.29, 0.717) is 0 Å². The largest absolute Gasteiger partial charge is 0.364 e.